The fourth-order valence-electron chi connectivity index (χ4n) is 2.14. The maximum absolute atomic E-state index is 11.0. The number of nitrogens with one attached hydrogen (secondary N) is 1. The Labute approximate surface area is 133 Å². The fraction of sp³-hybridized carbons (Fsp3) is 0.231. The maximum atomic E-state index is 11.0. The highest BCUT2D eigenvalue weighted by Crippen LogP contribution is 2.63. The minimum Gasteiger partial charge on any atom is -0.505 e. The van der Waals surface area contributed by atoms with E-state index in [9.17, 15) is 19.8 Å². The summed E-state index contributed by atoms with van der Waals surface area (Å²) < 4.78 is 7.43. The summed E-state index contributed by atoms with van der Waals surface area (Å²) >= 11 is 0. The first kappa shape index (κ1) is 16.8. The van der Waals surface area contributed by atoms with Gasteiger partial charge in [0.15, 0.2) is 10.6 Å². The number of phenolic OH excluding ortho intramolecular Hbond substituents is 1. The van der Waals surface area contributed by atoms with Crippen LogP contribution < -0.4 is 11.1 Å². The van der Waals surface area contributed by atoms with Crippen molar-refractivity contribution in [2.75, 3.05) is 12.8 Å². The van der Waals surface area contributed by atoms with Crippen LogP contribution in [0.15, 0.2) is 36.9 Å². The van der Waals surface area contributed by atoms with Crippen molar-refractivity contribution in [2.45, 2.75) is 17.4 Å². The Morgan fingerprint density at radius 1 is 1.17 bits per heavy atom. The molecule has 1 aromatic carbocycles. The summed E-state index contributed by atoms with van der Waals surface area (Å²) in [7, 11) is -2.01. The molecule has 2 rings (SSSR count). The molecule has 0 radical (unpaired) electrons. The van der Waals surface area contributed by atoms with Crippen LogP contribution in [0, 0.1) is 14.7 Å². The number of nitrogens with zero attached hydrogens (tertiary/aromatic N) is 3. The summed E-state index contributed by atoms with van der Waals surface area (Å²) in [6.45, 7) is 1.90. The molecule has 1 unspecified atom stereocenters. The van der Waals surface area contributed by atoms with Crippen molar-refractivity contribution < 1.29 is 5.11 Å². The van der Waals surface area contributed by atoms with Gasteiger partial charge in [0, 0.05) is 19.3 Å². The molecule has 0 spiro atoms. The van der Waals surface area contributed by atoms with Gasteiger partial charge in [-0.2, -0.15) is 0 Å². The van der Waals surface area contributed by atoms with E-state index < -0.39 is 16.1 Å². The molecule has 122 valence electrons. The van der Waals surface area contributed by atoms with E-state index in [1.54, 1.807) is 19.2 Å². The van der Waals surface area contributed by atoms with Crippen molar-refractivity contribution in [1.82, 2.24) is 5.32 Å². The lowest BCUT2D eigenvalue weighted by Crippen LogP contribution is -2.34. The summed E-state index contributed by atoms with van der Waals surface area (Å²) in [5.41, 5.74) is 5.82. The Kier molecular flexibility index (Phi) is 4.30. The van der Waals surface area contributed by atoms with Crippen LogP contribution in [0.1, 0.15) is 18.1 Å². The number of nitroso groups, excluding NO2 is 3. The quantitative estimate of drug-likeness (QED) is 0.427. The third kappa shape index (κ3) is 2.62. The minimum absolute atomic E-state index is 0.278. The molecule has 0 amide bonds. The number of anilines is 1. The van der Waals surface area contributed by atoms with Crippen molar-refractivity contribution in [3.63, 3.8) is 0 Å². The smallest absolute Gasteiger partial charge is 0.199 e. The predicted octanol–water partition coefficient (Wildman–Crippen LogP) is 3.20. The molecular formula is C13H15N5O4S. The summed E-state index contributed by atoms with van der Waals surface area (Å²) in [4.78, 5) is 32.6. The molecule has 0 bridgehead atoms. The molecule has 4 N–H and O–H groups in total. The van der Waals surface area contributed by atoms with Crippen LogP contribution in [-0.2, 0) is 0 Å². The highest BCUT2D eigenvalue weighted by molar-refractivity contribution is 8.30. The number of benzene rings is 1. The highest BCUT2D eigenvalue weighted by atomic mass is 32.3. The molecular weight excluding hydrogens is 322 g/mol. The average Bonchev–Trinajstić information content (AvgIpc) is 2.74. The van der Waals surface area contributed by atoms with Gasteiger partial charge in [-0.15, -0.1) is 14.7 Å². The van der Waals surface area contributed by atoms with Crippen LogP contribution in [0.25, 0.3) is 12.2 Å². The SMILES string of the molecule is CNC1(C)C=Cc2cc(S(N=O)(N=O)N=O)c(N)c(O)c2C=C1. The molecule has 0 saturated carbocycles. The zero-order valence-electron chi connectivity index (χ0n) is 12.4. The van der Waals surface area contributed by atoms with Gasteiger partial charge in [0.1, 0.15) is 5.75 Å². The predicted molar refractivity (Wildman–Crippen MR) is 91.3 cm³/mol. The molecule has 0 aromatic heterocycles. The van der Waals surface area contributed by atoms with Gasteiger partial charge < -0.3 is 16.2 Å². The number of nitrogen functional groups attached to an aromatic ring is 1. The van der Waals surface area contributed by atoms with Crippen molar-refractivity contribution >= 4 is 28.4 Å². The second kappa shape index (κ2) is 5.89. The Balaban J connectivity index is 2.76. The molecule has 0 fully saturated rings. The number of likely N-dealkylation sites (N-methyl/N-ethyl adjacent to an activating group) is 1. The van der Waals surface area contributed by atoms with Gasteiger partial charge in [-0.3, -0.25) is 0 Å². The number of nitrogens with two attached hydrogens (primary N) is 1. The summed E-state index contributed by atoms with van der Waals surface area (Å²) in [6, 6.07) is 1.33. The third-order valence-electron chi connectivity index (χ3n) is 3.72. The van der Waals surface area contributed by atoms with Crippen LogP contribution in [0.5, 0.6) is 5.75 Å². The highest BCUT2D eigenvalue weighted by Gasteiger charge is 2.36. The lowest BCUT2D eigenvalue weighted by atomic mass is 10.0. The van der Waals surface area contributed by atoms with Gasteiger partial charge in [-0.05, 0) is 25.6 Å². The first-order valence-electron chi connectivity index (χ1n) is 6.46. The van der Waals surface area contributed by atoms with Crippen molar-refractivity contribution in [2.24, 2.45) is 13.7 Å². The zero-order valence-corrected chi connectivity index (χ0v) is 13.2. The lowest BCUT2D eigenvalue weighted by molar-refractivity contribution is 0.475. The van der Waals surface area contributed by atoms with Crippen molar-refractivity contribution in [3.05, 3.63) is 44.1 Å². The summed E-state index contributed by atoms with van der Waals surface area (Å²) in [5, 5.41) is 13.4. The van der Waals surface area contributed by atoms with E-state index in [-0.39, 0.29) is 16.3 Å². The second-order valence-electron chi connectivity index (χ2n) is 5.08. The Morgan fingerprint density at radius 3 is 2.26 bits per heavy atom. The van der Waals surface area contributed by atoms with Crippen LogP contribution >= 0.6 is 10.6 Å². The molecule has 1 aliphatic rings. The Bertz CT molecular complexity index is 727. The van der Waals surface area contributed by atoms with Gasteiger partial charge >= 0.3 is 0 Å². The van der Waals surface area contributed by atoms with Crippen LogP contribution in [-0.4, -0.2) is 17.7 Å². The number of fused-ring (bicyclic) bond motifs is 1. The van der Waals surface area contributed by atoms with Gasteiger partial charge in [-0.1, -0.05) is 24.3 Å². The fourth-order valence-corrected chi connectivity index (χ4v) is 3.14. The van der Waals surface area contributed by atoms with Crippen LogP contribution in [0.2, 0.25) is 0 Å². The number of hydrogen-bond donors (Lipinski definition) is 3. The van der Waals surface area contributed by atoms with E-state index in [1.807, 2.05) is 19.1 Å². The number of phenols is 1. The maximum Gasteiger partial charge on any atom is 0.199 e. The monoisotopic (exact) mass is 337 g/mol. The first-order valence-corrected chi connectivity index (χ1v) is 7.96. The summed E-state index contributed by atoms with van der Waals surface area (Å²) in [6.07, 6.45) is 6.93. The van der Waals surface area contributed by atoms with E-state index in [2.05, 4.69) is 19.1 Å². The van der Waals surface area contributed by atoms with E-state index in [4.69, 9.17) is 5.73 Å². The average molecular weight is 337 g/mol. The number of hydrogen-bond acceptors (Lipinski definition) is 9. The molecule has 1 atom stereocenters. The first-order chi connectivity index (χ1) is 10.9. The molecule has 0 saturated heterocycles. The van der Waals surface area contributed by atoms with E-state index in [1.165, 1.54) is 6.07 Å². The Hall–Kier alpha value is -2.59. The standard InChI is InChI=1S/C13H15N5O4S/c1-13(15-2)5-3-8-7-10(23(16-20,17-21)18-22)11(14)12(19)9(8)4-6-13/h3-7,15,19H,14H2,1-2H3. The molecule has 0 aliphatic heterocycles. The van der Waals surface area contributed by atoms with E-state index in [0.29, 0.717) is 11.1 Å². The van der Waals surface area contributed by atoms with Crippen molar-refractivity contribution in [3.8, 4) is 5.75 Å². The van der Waals surface area contributed by atoms with Gasteiger partial charge in [0.2, 0.25) is 0 Å². The Morgan fingerprint density at radius 2 is 1.74 bits per heavy atom. The van der Waals surface area contributed by atoms with Crippen LogP contribution in [0.4, 0.5) is 5.69 Å². The third-order valence-corrected chi connectivity index (χ3v) is 5.28. The molecule has 1 aromatic rings. The van der Waals surface area contributed by atoms with Gasteiger partial charge in [0.05, 0.1) is 16.1 Å². The second-order valence-corrected chi connectivity index (χ2v) is 7.01. The van der Waals surface area contributed by atoms with Gasteiger partial charge in [-0.25, -0.2) is 0 Å². The minimum atomic E-state index is -3.77. The molecule has 10 heteroatoms. The normalized spacial score (nSPS) is 20.4. The molecule has 23 heavy (non-hydrogen) atoms. The molecule has 0 heterocycles. The molecule has 9 nitrogen and oxygen atoms in total. The topological polar surface area (TPSA) is 147 Å². The zero-order chi connectivity index (χ0) is 17.3. The van der Waals surface area contributed by atoms with Gasteiger partial charge in [0.25, 0.3) is 0 Å². The van der Waals surface area contributed by atoms with E-state index in [0.717, 1.165) is 0 Å². The largest absolute Gasteiger partial charge is 0.505 e. The van der Waals surface area contributed by atoms with Crippen molar-refractivity contribution in [1.29, 1.82) is 0 Å². The number of aromatic hydroxyl groups is 1. The summed E-state index contributed by atoms with van der Waals surface area (Å²) in [5.74, 6) is -0.369. The lowest BCUT2D eigenvalue weighted by Gasteiger charge is -2.19. The van der Waals surface area contributed by atoms with E-state index >= 15 is 0 Å². The van der Waals surface area contributed by atoms with Crippen LogP contribution in [0.3, 0.4) is 0 Å². The molecule has 1 aliphatic carbocycles. The number of rotatable bonds is 5.